The molecule has 2 rings (SSSR count). The minimum absolute atomic E-state index is 0.248. The molecule has 0 saturated carbocycles. The maximum Gasteiger partial charge on any atom is 0.328 e. The molecule has 0 aliphatic heterocycles. The topological polar surface area (TPSA) is 55.4 Å². The summed E-state index contributed by atoms with van der Waals surface area (Å²) >= 11 is 0. The summed E-state index contributed by atoms with van der Waals surface area (Å²) in [6, 6.07) is 18.4. The summed E-state index contributed by atoms with van der Waals surface area (Å²) in [7, 11) is 1.33. The molecular formula is C22H25NO3. The summed E-state index contributed by atoms with van der Waals surface area (Å²) < 4.78 is 4.84. The summed E-state index contributed by atoms with van der Waals surface area (Å²) in [5.74, 6) is -0.479. The number of ether oxygens (including phenoxy) is 1. The third-order valence-electron chi connectivity index (χ3n) is 3.94. The molecule has 136 valence electrons. The lowest BCUT2D eigenvalue weighted by Crippen LogP contribution is -2.42. The van der Waals surface area contributed by atoms with Crippen molar-refractivity contribution in [1.29, 1.82) is 0 Å². The highest BCUT2D eigenvalue weighted by Crippen LogP contribution is 2.19. The van der Waals surface area contributed by atoms with Crippen LogP contribution in [0.4, 0.5) is 0 Å². The molecule has 0 radical (unpaired) electrons. The lowest BCUT2D eigenvalue weighted by Gasteiger charge is -2.19. The maximum absolute atomic E-state index is 13.0. The Morgan fingerprint density at radius 2 is 1.58 bits per heavy atom. The third kappa shape index (κ3) is 5.59. The number of carbonyl (C=O) groups is 2. The van der Waals surface area contributed by atoms with Crippen LogP contribution >= 0.6 is 0 Å². The summed E-state index contributed by atoms with van der Waals surface area (Å²) in [5, 5.41) is 2.84. The normalized spacial score (nSPS) is 12.5. The smallest absolute Gasteiger partial charge is 0.328 e. The number of amides is 1. The van der Waals surface area contributed by atoms with E-state index in [1.165, 1.54) is 7.11 Å². The first-order valence-electron chi connectivity index (χ1n) is 8.72. The van der Waals surface area contributed by atoms with Gasteiger partial charge in [-0.1, -0.05) is 74.5 Å². The molecule has 2 aromatic carbocycles. The van der Waals surface area contributed by atoms with Gasteiger partial charge in [0.2, 0.25) is 0 Å². The average molecular weight is 351 g/mol. The molecule has 1 unspecified atom stereocenters. The lowest BCUT2D eigenvalue weighted by atomic mass is 10.00. The van der Waals surface area contributed by atoms with Crippen LogP contribution in [0.2, 0.25) is 0 Å². The van der Waals surface area contributed by atoms with Crippen molar-refractivity contribution >= 4 is 23.5 Å². The zero-order valence-electron chi connectivity index (χ0n) is 15.4. The largest absolute Gasteiger partial charge is 0.467 e. The van der Waals surface area contributed by atoms with E-state index in [1.54, 1.807) is 0 Å². The van der Waals surface area contributed by atoms with Crippen LogP contribution in [0.1, 0.15) is 31.4 Å². The van der Waals surface area contributed by atoms with Gasteiger partial charge in [0.15, 0.2) is 0 Å². The van der Waals surface area contributed by atoms with Crippen molar-refractivity contribution in [3.05, 3.63) is 71.8 Å². The number of rotatable bonds is 7. The molecule has 0 aliphatic carbocycles. The summed E-state index contributed by atoms with van der Waals surface area (Å²) in [4.78, 5) is 25.0. The Hall–Kier alpha value is -2.88. The molecular weight excluding hydrogens is 326 g/mol. The van der Waals surface area contributed by atoms with Crippen LogP contribution in [0.25, 0.3) is 11.6 Å². The number of benzene rings is 2. The molecule has 1 amide bonds. The number of hydrogen-bond donors (Lipinski definition) is 1. The average Bonchev–Trinajstić information content (AvgIpc) is 2.66. The predicted octanol–water partition coefficient (Wildman–Crippen LogP) is 3.93. The van der Waals surface area contributed by atoms with Gasteiger partial charge < -0.3 is 10.1 Å². The van der Waals surface area contributed by atoms with Gasteiger partial charge in [-0.05, 0) is 29.5 Å². The van der Waals surface area contributed by atoms with E-state index in [1.807, 2.05) is 80.6 Å². The van der Waals surface area contributed by atoms with Crippen LogP contribution in [0.3, 0.4) is 0 Å². The Morgan fingerprint density at radius 3 is 2.12 bits per heavy atom. The van der Waals surface area contributed by atoms with Crippen molar-refractivity contribution in [1.82, 2.24) is 5.32 Å². The van der Waals surface area contributed by atoms with Gasteiger partial charge in [0.05, 0.1) is 7.11 Å². The monoisotopic (exact) mass is 351 g/mol. The number of esters is 1. The second kappa shape index (κ2) is 9.56. The first kappa shape index (κ1) is 19.4. The second-order valence-corrected chi connectivity index (χ2v) is 6.51. The second-order valence-electron chi connectivity index (χ2n) is 6.51. The van der Waals surface area contributed by atoms with Crippen molar-refractivity contribution in [3.8, 4) is 0 Å². The Bertz CT molecular complexity index is 751. The van der Waals surface area contributed by atoms with E-state index in [0.717, 1.165) is 11.1 Å². The number of hydrogen-bond acceptors (Lipinski definition) is 3. The van der Waals surface area contributed by atoms with Crippen molar-refractivity contribution in [2.24, 2.45) is 5.92 Å². The van der Waals surface area contributed by atoms with Crippen LogP contribution in [0.15, 0.2) is 60.7 Å². The number of carbonyl (C=O) groups excluding carboxylic acids is 2. The third-order valence-corrected chi connectivity index (χ3v) is 3.94. The van der Waals surface area contributed by atoms with Gasteiger partial charge >= 0.3 is 5.97 Å². The van der Waals surface area contributed by atoms with Gasteiger partial charge in [-0.15, -0.1) is 0 Å². The van der Waals surface area contributed by atoms with E-state index in [9.17, 15) is 9.59 Å². The molecule has 26 heavy (non-hydrogen) atoms. The lowest BCUT2D eigenvalue weighted by molar-refractivity contribution is -0.145. The van der Waals surface area contributed by atoms with E-state index in [0.29, 0.717) is 12.0 Å². The van der Waals surface area contributed by atoms with Crippen LogP contribution in [-0.4, -0.2) is 25.0 Å². The van der Waals surface area contributed by atoms with E-state index in [-0.39, 0.29) is 11.8 Å². The molecule has 4 nitrogen and oxygen atoms in total. The molecule has 0 aromatic heterocycles. The molecule has 0 fully saturated rings. The highest BCUT2D eigenvalue weighted by atomic mass is 16.5. The van der Waals surface area contributed by atoms with Crippen molar-refractivity contribution in [2.45, 2.75) is 26.3 Å². The van der Waals surface area contributed by atoms with E-state index < -0.39 is 12.0 Å². The molecule has 0 saturated heterocycles. The van der Waals surface area contributed by atoms with Crippen LogP contribution in [0, 0.1) is 5.92 Å². The Balaban J connectivity index is 2.34. The minimum atomic E-state index is -0.671. The van der Waals surface area contributed by atoms with E-state index >= 15 is 0 Å². The fourth-order valence-corrected chi connectivity index (χ4v) is 2.68. The van der Waals surface area contributed by atoms with Gasteiger partial charge in [-0.2, -0.15) is 0 Å². The van der Waals surface area contributed by atoms with Gasteiger partial charge in [0.25, 0.3) is 5.91 Å². The molecule has 0 spiro atoms. The SMILES string of the molecule is COC(=O)C(CC(C)C)NC(=O)/C(=C/c1ccccc1)c1ccccc1. The van der Waals surface area contributed by atoms with Gasteiger partial charge in [0.1, 0.15) is 6.04 Å². The summed E-state index contributed by atoms with van der Waals surface area (Å²) in [6.07, 6.45) is 2.35. The zero-order chi connectivity index (χ0) is 18.9. The highest BCUT2D eigenvalue weighted by Gasteiger charge is 2.24. The molecule has 0 heterocycles. The van der Waals surface area contributed by atoms with Crippen LogP contribution in [0.5, 0.6) is 0 Å². The highest BCUT2D eigenvalue weighted by molar-refractivity contribution is 6.24. The van der Waals surface area contributed by atoms with Crippen molar-refractivity contribution < 1.29 is 14.3 Å². The Kier molecular flexibility index (Phi) is 7.15. The van der Waals surface area contributed by atoms with Crippen molar-refractivity contribution in [2.75, 3.05) is 7.11 Å². The zero-order valence-corrected chi connectivity index (χ0v) is 15.4. The molecule has 0 aliphatic rings. The molecule has 4 heteroatoms. The van der Waals surface area contributed by atoms with Crippen LogP contribution in [-0.2, 0) is 14.3 Å². The molecule has 1 atom stereocenters. The number of nitrogens with one attached hydrogen (secondary N) is 1. The molecule has 1 N–H and O–H groups in total. The Morgan fingerprint density at radius 1 is 1.00 bits per heavy atom. The predicted molar refractivity (Wildman–Crippen MR) is 104 cm³/mol. The van der Waals surface area contributed by atoms with E-state index in [2.05, 4.69) is 5.32 Å². The number of methoxy groups -OCH3 is 1. The fourth-order valence-electron chi connectivity index (χ4n) is 2.68. The Labute approximate surface area is 154 Å². The van der Waals surface area contributed by atoms with Gasteiger partial charge in [-0.3, -0.25) is 4.79 Å². The van der Waals surface area contributed by atoms with Gasteiger partial charge in [-0.25, -0.2) is 4.79 Å². The van der Waals surface area contributed by atoms with Crippen LogP contribution < -0.4 is 5.32 Å². The van der Waals surface area contributed by atoms with E-state index in [4.69, 9.17) is 4.74 Å². The minimum Gasteiger partial charge on any atom is -0.467 e. The fraction of sp³-hybridized carbons (Fsp3) is 0.273. The molecule has 0 bridgehead atoms. The first-order chi connectivity index (χ1) is 12.5. The molecule has 2 aromatic rings. The summed E-state index contributed by atoms with van der Waals surface area (Å²) in [6.45, 7) is 4.00. The summed E-state index contributed by atoms with van der Waals surface area (Å²) in [5.41, 5.74) is 2.22. The standard InChI is InChI=1S/C22H25NO3/c1-16(2)14-20(22(25)26-3)23-21(24)19(18-12-8-5-9-13-18)15-17-10-6-4-7-11-17/h4-13,15-16,20H,14H2,1-3H3,(H,23,24)/b19-15+. The quantitative estimate of drug-likeness (QED) is 0.467. The first-order valence-corrected chi connectivity index (χ1v) is 8.72. The van der Waals surface area contributed by atoms with Gasteiger partial charge in [0, 0.05) is 5.57 Å². The maximum atomic E-state index is 13.0. The van der Waals surface area contributed by atoms with Crippen molar-refractivity contribution in [3.63, 3.8) is 0 Å².